The molecule has 15 N–H and O–H groups in total. The maximum Gasteiger partial charge on any atom is 0.246 e. The third kappa shape index (κ3) is 28.8. The van der Waals surface area contributed by atoms with Gasteiger partial charge >= 0.3 is 0 Å². The van der Waals surface area contributed by atoms with Crippen LogP contribution in [-0.2, 0) is 110 Å². The number of aliphatic hydroxyl groups excluding tert-OH is 1. The number of aromatic nitrogens is 1. The standard InChI is InChI=1S/C97H123N16O18PS/c1-9-10-32-78-96(130)113-44-23-34-77(113)91(125)105-72(52-83(118)132)89(123)108-84(58(4)5)97(131)110(7)79(49-60-26-16-12-17-27-60)92(126)106-74(48-63-37-41-66(115)42-38-63)94(128)112-43-22-33-76(112)90(124)104-71(51-64-53-99-68-31-21-20-30-67(64)68)88(122)103-70(46-62-35-39-65(114)40-36-62)87(121)102-69(45-57(2)3)86(120)107-75(85(119)100-54-81(98)116)55-133-56-82(117)101-73(47-59-24-14-11-15-25-59)93(127)111(8)80(95(129)109(78)6)50-61-28-18-13-19-29-61/h11-21,24-31,35-42,53,57-58,69-80,84,99,114-115,118,132H,9-10,22-23,32-34,43-52,54-56H2,1-8H3,(H2,98,116)(H,100,119)(H,101,117)(H,102,121)(H,103,122)(H,104,124)(H,105,125)(H,106,126)(H,107,120)(H,108,123)/t69-,70-,71-,72-,73-,74-,75-,76+,77+,78-,79-,80-,84-/m0/s1. The van der Waals surface area contributed by atoms with Crippen molar-refractivity contribution >= 4 is 126 Å². The predicted octanol–water partition coefficient (Wildman–Crippen LogP) is 3.95. The van der Waals surface area contributed by atoms with E-state index in [1.54, 1.807) is 161 Å². The summed E-state index contributed by atoms with van der Waals surface area (Å²) in [5, 5.41) is 57.4. The molecule has 0 saturated carbocycles. The average molecular weight is 1860 g/mol. The number of thioether (sulfide) groups is 1. The minimum atomic E-state index is -1.63. The Balaban J connectivity index is 1.05. The topological polar surface area (TPSA) is 483 Å². The van der Waals surface area contributed by atoms with Crippen molar-refractivity contribution in [1.82, 2.24) is 77.3 Å². The number of unbranched alkanes of at least 4 members (excludes halogenated alkanes) is 1. The van der Waals surface area contributed by atoms with Crippen molar-refractivity contribution in [2.75, 3.05) is 52.3 Å². The van der Waals surface area contributed by atoms with Crippen molar-refractivity contribution in [3.8, 4) is 11.5 Å². The van der Waals surface area contributed by atoms with Gasteiger partial charge in [-0.15, -0.1) is 11.8 Å². The van der Waals surface area contributed by atoms with Gasteiger partial charge in [0.2, 0.25) is 88.6 Å². The third-order valence-electron chi connectivity index (χ3n) is 24.2. The van der Waals surface area contributed by atoms with Crippen LogP contribution in [0, 0.1) is 11.8 Å². The van der Waals surface area contributed by atoms with Crippen LogP contribution in [0.15, 0.2) is 170 Å². The molecule has 4 heterocycles. The highest BCUT2D eigenvalue weighted by atomic mass is 32.2. The van der Waals surface area contributed by atoms with E-state index in [1.807, 2.05) is 6.92 Å². The van der Waals surface area contributed by atoms with Crippen molar-refractivity contribution in [1.29, 1.82) is 0 Å². The van der Waals surface area contributed by atoms with Gasteiger partial charge in [0.25, 0.3) is 0 Å². The number of likely N-dealkylation sites (N-methyl/N-ethyl adjacent to an activating group) is 3. The SMILES string of the molecule is CCCC[C@H]1C(=O)N2CCC[C@@H]2C(=O)N[C@@H](CC(O)=P)C(=O)N[C@@H](C(C)C)C(=O)N(C)[C@@H](Cc2ccccc2)C(=O)N[C@@H](Cc2ccc(O)cc2)C(=O)N2CCC[C@@H]2C(=O)N[C@@H](Cc2c[nH]c3ccccc23)C(=O)N[C@@H](Cc2ccc(O)cc2)C(=O)N[C@@H](CC(C)C)C(=O)N[C@H](C(=O)NCC(N)=O)CSCC(=O)N[C@@H](Cc2ccccc2)C(=O)N(C)[C@@H](Cc2ccccc2)C(=O)N1C. The molecule has 3 aliphatic heterocycles. The fourth-order valence-electron chi connectivity index (χ4n) is 16.9. The molecule has 10 rings (SSSR count). The molecule has 7 aromatic rings. The zero-order valence-electron chi connectivity index (χ0n) is 76.2. The Labute approximate surface area is 780 Å². The van der Waals surface area contributed by atoms with Gasteiger partial charge in [-0.3, -0.25) is 71.9 Å². The van der Waals surface area contributed by atoms with E-state index in [0.717, 1.165) is 16.7 Å². The minimum Gasteiger partial charge on any atom is -0.508 e. The first-order chi connectivity index (χ1) is 63.5. The van der Waals surface area contributed by atoms with Crippen LogP contribution in [0.3, 0.4) is 0 Å². The molecule has 0 radical (unpaired) electrons. The number of aromatic hydroxyl groups is 2. The van der Waals surface area contributed by atoms with Crippen molar-refractivity contribution in [2.24, 2.45) is 17.6 Å². The first kappa shape index (κ1) is 102. The van der Waals surface area contributed by atoms with E-state index >= 15 is 57.5 Å². The zero-order chi connectivity index (χ0) is 96.3. The molecule has 0 unspecified atom stereocenters. The van der Waals surface area contributed by atoms with E-state index in [-0.39, 0.29) is 107 Å². The molecule has 15 amide bonds. The summed E-state index contributed by atoms with van der Waals surface area (Å²) in [7, 11) is 7.32. The lowest BCUT2D eigenvalue weighted by Gasteiger charge is -2.38. The lowest BCUT2D eigenvalue weighted by atomic mass is 9.98. The Morgan fingerprint density at radius 3 is 1.47 bits per heavy atom. The number of carbonyl (C=O) groups excluding carboxylic acids is 15. The number of H-pyrrole nitrogens is 1. The Morgan fingerprint density at radius 1 is 0.481 bits per heavy atom. The number of fused-ring (bicyclic) bond motifs is 3. The van der Waals surface area contributed by atoms with Crippen LogP contribution >= 0.6 is 20.6 Å². The molecule has 1 aromatic heterocycles. The monoisotopic (exact) mass is 1860 g/mol. The second-order valence-electron chi connectivity index (χ2n) is 35.0. The van der Waals surface area contributed by atoms with Crippen molar-refractivity contribution in [2.45, 2.75) is 209 Å². The number of amides is 15. The molecule has 6 aromatic carbocycles. The molecule has 3 saturated heterocycles. The number of nitrogens with two attached hydrogens (primary N) is 1. The van der Waals surface area contributed by atoms with Crippen LogP contribution in [0.2, 0.25) is 0 Å². The van der Waals surface area contributed by atoms with Crippen LogP contribution in [0.5, 0.6) is 11.5 Å². The zero-order valence-corrected chi connectivity index (χ0v) is 78.0. The maximum absolute atomic E-state index is 15.8. The number of hydrogen-bond donors (Lipinski definition) is 14. The van der Waals surface area contributed by atoms with Gasteiger partial charge in [-0.1, -0.05) is 190 Å². The molecule has 34 nitrogen and oxygen atoms in total. The van der Waals surface area contributed by atoms with E-state index in [0.29, 0.717) is 63.5 Å². The molecule has 0 aliphatic carbocycles. The summed E-state index contributed by atoms with van der Waals surface area (Å²) in [5.41, 5.74) is 8.88. The molecule has 13 atom stereocenters. The molecular weight excluding hydrogens is 1740 g/mol. The molecule has 133 heavy (non-hydrogen) atoms. The lowest BCUT2D eigenvalue weighted by Crippen LogP contribution is -2.62. The normalized spacial score (nSPS) is 23.6. The number of benzene rings is 6. The molecule has 36 heteroatoms. The predicted molar refractivity (Wildman–Crippen MR) is 504 cm³/mol. The number of nitrogens with zero attached hydrogens (tertiary/aromatic N) is 5. The minimum absolute atomic E-state index is 0.0327. The van der Waals surface area contributed by atoms with E-state index in [1.165, 1.54) is 77.1 Å². The van der Waals surface area contributed by atoms with Gasteiger partial charge in [0.15, 0.2) is 0 Å². The number of aliphatic hydroxyl groups is 1. The summed E-state index contributed by atoms with van der Waals surface area (Å²) >= 11 is 0.851. The van der Waals surface area contributed by atoms with E-state index in [4.69, 9.17) is 5.73 Å². The summed E-state index contributed by atoms with van der Waals surface area (Å²) in [6, 6.07) is 26.2. The molecule has 0 spiro atoms. The number of rotatable bonds is 23. The largest absolute Gasteiger partial charge is 0.508 e. The number of phenolic OH excluding ortho intramolecular Hbond substituents is 2. The second kappa shape index (κ2) is 48.9. The quantitative estimate of drug-likeness (QED) is 0.0403. The maximum atomic E-state index is 15.8. The van der Waals surface area contributed by atoms with E-state index in [9.17, 15) is 29.7 Å². The van der Waals surface area contributed by atoms with Crippen LogP contribution < -0.4 is 53.6 Å². The number of carbonyl (C=O) groups is 15. The Kier molecular flexibility index (Phi) is 37.6. The number of para-hydroxylation sites is 1. The lowest BCUT2D eigenvalue weighted by molar-refractivity contribution is -0.152. The van der Waals surface area contributed by atoms with Crippen LogP contribution in [-0.4, -0.2) is 270 Å². The van der Waals surface area contributed by atoms with Gasteiger partial charge in [-0.05, 0) is 114 Å². The molecule has 3 fully saturated rings. The number of hydrogen-bond acceptors (Lipinski definition) is 18. The van der Waals surface area contributed by atoms with Crippen molar-refractivity contribution < 1.29 is 87.2 Å². The number of phenols is 2. The third-order valence-corrected chi connectivity index (χ3v) is 25.4. The molecule has 0 bridgehead atoms. The number of nitrogens with one attached hydrogen (secondary N) is 10. The van der Waals surface area contributed by atoms with E-state index in [2.05, 4.69) is 61.7 Å². The van der Waals surface area contributed by atoms with Crippen LogP contribution in [0.1, 0.15) is 126 Å². The van der Waals surface area contributed by atoms with Gasteiger partial charge in [0, 0.05) is 102 Å². The van der Waals surface area contributed by atoms with Gasteiger partial charge in [-0.2, -0.15) is 0 Å². The summed E-state index contributed by atoms with van der Waals surface area (Å²) in [6.07, 6.45) is 1.67. The van der Waals surface area contributed by atoms with Gasteiger partial charge in [0.05, 0.1) is 17.8 Å². The Hall–Kier alpha value is -13.0. The molecule has 710 valence electrons. The number of primary amides is 1. The summed E-state index contributed by atoms with van der Waals surface area (Å²) in [6.45, 7) is 8.02. The average Bonchev–Trinajstić information content (AvgIpc) is 1.53. The highest BCUT2D eigenvalue weighted by molar-refractivity contribution is 8.00. The van der Waals surface area contributed by atoms with Gasteiger partial charge in [-0.25, -0.2) is 0 Å². The number of aromatic amines is 1. The van der Waals surface area contributed by atoms with Crippen LogP contribution in [0.4, 0.5) is 0 Å². The Bertz CT molecular complexity index is 5270. The van der Waals surface area contributed by atoms with Gasteiger partial charge < -0.3 is 98.4 Å². The highest BCUT2D eigenvalue weighted by Gasteiger charge is 2.46. The van der Waals surface area contributed by atoms with Crippen molar-refractivity contribution in [3.63, 3.8) is 0 Å². The van der Waals surface area contributed by atoms with Crippen LogP contribution in [0.25, 0.3) is 10.9 Å². The summed E-state index contributed by atoms with van der Waals surface area (Å²) in [5.74, 6) is -14.5. The second-order valence-corrected chi connectivity index (χ2v) is 36.6. The molecular formula is C97H123N16O18PS. The van der Waals surface area contributed by atoms with Gasteiger partial charge in [0.1, 0.15) is 90.0 Å². The Morgan fingerprint density at radius 2 is 0.932 bits per heavy atom. The summed E-state index contributed by atoms with van der Waals surface area (Å²) < 4.78 is 0. The highest BCUT2D eigenvalue weighted by Crippen LogP contribution is 2.29. The molecule has 3 aliphatic rings. The van der Waals surface area contributed by atoms with E-state index < -0.39 is 197 Å². The fourth-order valence-corrected chi connectivity index (χ4v) is 18.0. The summed E-state index contributed by atoms with van der Waals surface area (Å²) in [4.78, 5) is 236. The first-order valence-corrected chi connectivity index (χ1v) is 46.7. The van der Waals surface area contributed by atoms with Crippen molar-refractivity contribution in [3.05, 3.63) is 203 Å². The smallest absolute Gasteiger partial charge is 0.246 e. The first-order valence-electron chi connectivity index (χ1n) is 45.0. The fraction of sp³-hybridized carbons (Fsp3) is 0.443.